The summed E-state index contributed by atoms with van der Waals surface area (Å²) in [4.78, 5) is 23.7. The maximum absolute atomic E-state index is 11.9. The van der Waals surface area contributed by atoms with Crippen molar-refractivity contribution in [1.29, 1.82) is 0 Å². The number of nitrogens with one attached hydrogen (secondary N) is 1. The minimum atomic E-state index is -1.11. The van der Waals surface area contributed by atoms with E-state index in [-0.39, 0.29) is 13.2 Å². The molecule has 24 heavy (non-hydrogen) atoms. The summed E-state index contributed by atoms with van der Waals surface area (Å²) in [5, 5.41) is 2.66. The van der Waals surface area contributed by atoms with Gasteiger partial charge < -0.3 is 19.5 Å². The second kappa shape index (κ2) is 7.07. The first kappa shape index (κ1) is 18.7. The number of alkyl halides is 2. The molecule has 0 unspecified atom stereocenters. The van der Waals surface area contributed by atoms with Gasteiger partial charge in [-0.25, -0.2) is 0 Å². The fourth-order valence-corrected chi connectivity index (χ4v) is 2.84. The second-order valence-corrected chi connectivity index (χ2v) is 7.24. The van der Waals surface area contributed by atoms with Gasteiger partial charge in [0.15, 0.2) is 18.1 Å². The summed E-state index contributed by atoms with van der Waals surface area (Å²) in [5.41, 5.74) is -0.123. The van der Waals surface area contributed by atoms with E-state index in [9.17, 15) is 9.59 Å². The lowest BCUT2D eigenvalue weighted by Gasteiger charge is -2.12. The van der Waals surface area contributed by atoms with Gasteiger partial charge in [0, 0.05) is 13.0 Å². The van der Waals surface area contributed by atoms with Crippen LogP contribution in [0.25, 0.3) is 0 Å². The number of esters is 1. The van der Waals surface area contributed by atoms with Crippen molar-refractivity contribution < 1.29 is 23.8 Å². The van der Waals surface area contributed by atoms with Crippen molar-refractivity contribution in [1.82, 2.24) is 5.32 Å². The van der Waals surface area contributed by atoms with Crippen molar-refractivity contribution in [3.63, 3.8) is 0 Å². The van der Waals surface area contributed by atoms with Gasteiger partial charge in [0.25, 0.3) is 5.91 Å². The molecule has 1 aliphatic carbocycles. The van der Waals surface area contributed by atoms with Gasteiger partial charge in [0.05, 0.1) is 14.2 Å². The monoisotopic (exact) mass is 375 g/mol. The highest BCUT2D eigenvalue weighted by Crippen LogP contribution is 2.64. The number of ether oxygens (including phenoxy) is 3. The first-order valence-corrected chi connectivity index (χ1v) is 8.02. The zero-order valence-corrected chi connectivity index (χ0v) is 15.2. The molecule has 0 aromatic heterocycles. The van der Waals surface area contributed by atoms with Crippen molar-refractivity contribution in [2.75, 3.05) is 20.8 Å². The molecule has 1 aliphatic rings. The van der Waals surface area contributed by atoms with Gasteiger partial charge in [-0.05, 0) is 24.6 Å². The summed E-state index contributed by atoms with van der Waals surface area (Å²) < 4.78 is 14.2. The summed E-state index contributed by atoms with van der Waals surface area (Å²) >= 11 is 11.8. The average molecular weight is 376 g/mol. The third-order valence-electron chi connectivity index (χ3n) is 3.98. The molecule has 1 aromatic carbocycles. The van der Waals surface area contributed by atoms with Crippen LogP contribution in [0.15, 0.2) is 18.2 Å². The van der Waals surface area contributed by atoms with Crippen LogP contribution < -0.4 is 14.8 Å². The lowest BCUT2D eigenvalue weighted by molar-refractivity contribution is -0.153. The Kier molecular flexibility index (Phi) is 5.50. The van der Waals surface area contributed by atoms with Crippen molar-refractivity contribution in [3.05, 3.63) is 23.8 Å². The number of hydrogen-bond donors (Lipinski definition) is 1. The number of carbonyl (C=O) groups excluding carboxylic acids is 2. The minimum absolute atomic E-state index is 0.267. The van der Waals surface area contributed by atoms with Crippen LogP contribution in [0.1, 0.15) is 18.9 Å². The first-order valence-electron chi connectivity index (χ1n) is 7.26. The van der Waals surface area contributed by atoms with Crippen LogP contribution >= 0.6 is 23.2 Å². The standard InChI is InChI=1S/C16H19Cl2NO5/c1-15(9-16(15,17)18)14(21)24-8-13(20)19-7-10-4-5-11(22-2)12(6-10)23-3/h4-6H,7-9H2,1-3H3,(H,19,20)/t15-/m1/s1. The van der Waals surface area contributed by atoms with Crippen LogP contribution in [0.5, 0.6) is 11.5 Å². The van der Waals surface area contributed by atoms with Gasteiger partial charge in [0.1, 0.15) is 9.75 Å². The molecule has 1 aromatic rings. The summed E-state index contributed by atoms with van der Waals surface area (Å²) in [6.45, 7) is 1.49. The number of methoxy groups -OCH3 is 2. The summed E-state index contributed by atoms with van der Waals surface area (Å²) in [6, 6.07) is 5.30. The smallest absolute Gasteiger partial charge is 0.315 e. The quantitative estimate of drug-likeness (QED) is 0.585. The van der Waals surface area contributed by atoms with Crippen LogP contribution in [0.3, 0.4) is 0 Å². The van der Waals surface area contributed by atoms with E-state index in [0.29, 0.717) is 17.9 Å². The molecular formula is C16H19Cl2NO5. The lowest BCUT2D eigenvalue weighted by atomic mass is 10.1. The summed E-state index contributed by atoms with van der Waals surface area (Å²) in [6.07, 6.45) is 0.315. The molecule has 1 saturated carbocycles. The Morgan fingerprint density at radius 3 is 2.38 bits per heavy atom. The molecule has 132 valence electrons. The number of benzene rings is 1. The molecule has 1 fully saturated rings. The SMILES string of the molecule is COc1ccc(CNC(=O)COC(=O)[C@@]2(C)CC2(Cl)Cl)cc1OC. The Bertz CT molecular complexity index is 649. The van der Waals surface area contributed by atoms with Crippen LogP contribution in [-0.2, 0) is 20.9 Å². The Morgan fingerprint density at radius 2 is 1.83 bits per heavy atom. The predicted molar refractivity (Wildman–Crippen MR) is 89.5 cm³/mol. The van der Waals surface area contributed by atoms with Crippen molar-refractivity contribution >= 4 is 35.1 Å². The molecule has 0 spiro atoms. The Hall–Kier alpha value is -1.66. The van der Waals surface area contributed by atoms with E-state index >= 15 is 0 Å². The van der Waals surface area contributed by atoms with Gasteiger partial charge >= 0.3 is 5.97 Å². The van der Waals surface area contributed by atoms with Gasteiger partial charge in [-0.15, -0.1) is 23.2 Å². The molecule has 0 radical (unpaired) electrons. The Labute approximate surface area is 150 Å². The Balaban J connectivity index is 1.80. The molecular weight excluding hydrogens is 357 g/mol. The first-order chi connectivity index (χ1) is 11.2. The number of halogens is 2. The average Bonchev–Trinajstić information content (AvgIpc) is 3.09. The highest BCUT2D eigenvalue weighted by Gasteiger charge is 2.69. The normalized spacial score (nSPS) is 20.9. The molecule has 6 nitrogen and oxygen atoms in total. The van der Waals surface area contributed by atoms with Gasteiger partial charge in [-0.1, -0.05) is 6.07 Å². The zero-order chi connectivity index (χ0) is 18.0. The van der Waals surface area contributed by atoms with E-state index in [1.807, 2.05) is 0 Å². The fraction of sp³-hybridized carbons (Fsp3) is 0.500. The topological polar surface area (TPSA) is 73.9 Å². The van der Waals surface area contributed by atoms with Gasteiger partial charge in [0.2, 0.25) is 0 Å². The maximum Gasteiger partial charge on any atom is 0.315 e. The number of rotatable bonds is 7. The van der Waals surface area contributed by atoms with Crippen molar-refractivity contribution in [2.24, 2.45) is 5.41 Å². The molecule has 1 amide bonds. The van der Waals surface area contributed by atoms with E-state index in [1.165, 1.54) is 7.11 Å². The van der Waals surface area contributed by atoms with Crippen molar-refractivity contribution in [2.45, 2.75) is 24.2 Å². The zero-order valence-electron chi connectivity index (χ0n) is 13.7. The van der Waals surface area contributed by atoms with E-state index in [1.54, 1.807) is 32.2 Å². The lowest BCUT2D eigenvalue weighted by Crippen LogP contribution is -2.31. The van der Waals surface area contributed by atoms with Crippen LogP contribution in [-0.4, -0.2) is 37.0 Å². The van der Waals surface area contributed by atoms with Crippen molar-refractivity contribution in [3.8, 4) is 11.5 Å². The molecule has 0 saturated heterocycles. The molecule has 1 atom stereocenters. The molecule has 8 heteroatoms. The highest BCUT2D eigenvalue weighted by atomic mass is 35.5. The molecule has 1 N–H and O–H groups in total. The van der Waals surface area contributed by atoms with Crippen LogP contribution in [0.4, 0.5) is 0 Å². The number of hydrogen-bond acceptors (Lipinski definition) is 5. The van der Waals surface area contributed by atoms with Crippen LogP contribution in [0, 0.1) is 5.41 Å². The number of amides is 1. The van der Waals surface area contributed by atoms with E-state index in [4.69, 9.17) is 37.4 Å². The third-order valence-corrected chi connectivity index (χ3v) is 5.08. The summed E-state index contributed by atoms with van der Waals surface area (Å²) in [7, 11) is 3.08. The highest BCUT2D eigenvalue weighted by molar-refractivity contribution is 6.53. The number of carbonyl (C=O) groups is 2. The van der Waals surface area contributed by atoms with E-state index < -0.39 is 21.6 Å². The van der Waals surface area contributed by atoms with Gasteiger partial charge in [-0.3, -0.25) is 9.59 Å². The van der Waals surface area contributed by atoms with Gasteiger partial charge in [-0.2, -0.15) is 0 Å². The fourth-order valence-electron chi connectivity index (χ4n) is 2.15. The Morgan fingerprint density at radius 1 is 1.21 bits per heavy atom. The predicted octanol–water partition coefficient (Wildman–Crippen LogP) is 2.45. The van der Waals surface area contributed by atoms with E-state index in [2.05, 4.69) is 5.32 Å². The largest absolute Gasteiger partial charge is 0.493 e. The molecule has 0 heterocycles. The molecule has 0 bridgehead atoms. The van der Waals surface area contributed by atoms with Crippen LogP contribution in [0.2, 0.25) is 0 Å². The van der Waals surface area contributed by atoms with E-state index in [0.717, 1.165) is 5.56 Å². The minimum Gasteiger partial charge on any atom is -0.493 e. The molecule has 2 rings (SSSR count). The second-order valence-electron chi connectivity index (χ2n) is 5.76. The maximum atomic E-state index is 11.9. The third kappa shape index (κ3) is 3.87. The molecule has 0 aliphatic heterocycles. The summed E-state index contributed by atoms with van der Waals surface area (Å²) in [5.74, 6) is 0.175.